The van der Waals surface area contributed by atoms with Gasteiger partial charge in [0.05, 0.1) is 12.0 Å². The second-order valence-electron chi connectivity index (χ2n) is 4.71. The quantitative estimate of drug-likeness (QED) is 0.754. The predicted molar refractivity (Wildman–Crippen MR) is 85.3 cm³/mol. The Morgan fingerprint density at radius 2 is 2.09 bits per heavy atom. The lowest BCUT2D eigenvalue weighted by Crippen LogP contribution is -2.24. The maximum absolute atomic E-state index is 11.6. The van der Waals surface area contributed by atoms with Crippen molar-refractivity contribution in [3.8, 4) is 0 Å². The van der Waals surface area contributed by atoms with Gasteiger partial charge in [0.1, 0.15) is 18.5 Å². The first-order valence-corrected chi connectivity index (χ1v) is 7.08. The van der Waals surface area contributed by atoms with Crippen LogP contribution in [0.4, 0.5) is 4.79 Å². The summed E-state index contributed by atoms with van der Waals surface area (Å²) in [5.41, 5.74) is 3.03. The Morgan fingerprint density at radius 3 is 2.96 bits per heavy atom. The highest BCUT2D eigenvalue weighted by molar-refractivity contribution is 5.79. The average molecular weight is 309 g/mol. The van der Waals surface area contributed by atoms with Crippen LogP contribution >= 0.6 is 0 Å². The van der Waals surface area contributed by atoms with Crippen molar-refractivity contribution in [1.29, 1.82) is 0 Å². The average Bonchev–Trinajstić information content (AvgIpc) is 3.07. The summed E-state index contributed by atoms with van der Waals surface area (Å²) in [6.07, 6.45) is 6.12. The van der Waals surface area contributed by atoms with E-state index in [1.54, 1.807) is 18.5 Å². The van der Waals surface area contributed by atoms with Crippen molar-refractivity contribution in [3.63, 3.8) is 0 Å². The Bertz CT molecular complexity index is 813. The number of hydrogen-bond donors (Lipinski definition) is 2. The van der Waals surface area contributed by atoms with E-state index in [9.17, 15) is 4.79 Å². The van der Waals surface area contributed by atoms with Gasteiger partial charge in [0.2, 0.25) is 0 Å². The van der Waals surface area contributed by atoms with Crippen LogP contribution in [0.3, 0.4) is 0 Å². The van der Waals surface area contributed by atoms with Crippen LogP contribution in [0.25, 0.3) is 17.2 Å². The first kappa shape index (κ1) is 14.7. The molecule has 0 spiro atoms. The summed E-state index contributed by atoms with van der Waals surface area (Å²) in [4.78, 5) is 26.8. The highest BCUT2D eigenvalue weighted by atomic mass is 16.5. The van der Waals surface area contributed by atoms with Crippen LogP contribution in [0.15, 0.2) is 49.1 Å². The molecule has 1 amide bonds. The Balaban J connectivity index is 1.47. The molecule has 116 valence electrons. The first-order valence-electron chi connectivity index (χ1n) is 7.08. The number of carbonyl (C=O) groups excluding carboxylic acids is 1. The SMILES string of the molecule is O=C(NCC=Cc1ncnc2nc[nH]c12)OCc1ccccc1. The minimum absolute atomic E-state index is 0.247. The van der Waals surface area contributed by atoms with Crippen LogP contribution in [0.2, 0.25) is 0 Å². The number of benzene rings is 1. The molecule has 0 aliphatic heterocycles. The first-order chi connectivity index (χ1) is 11.3. The highest BCUT2D eigenvalue weighted by Crippen LogP contribution is 2.10. The van der Waals surface area contributed by atoms with E-state index in [1.807, 2.05) is 30.3 Å². The summed E-state index contributed by atoms with van der Waals surface area (Å²) in [7, 11) is 0. The molecule has 0 bridgehead atoms. The van der Waals surface area contributed by atoms with Gasteiger partial charge < -0.3 is 15.0 Å². The van der Waals surface area contributed by atoms with E-state index in [4.69, 9.17) is 4.74 Å². The molecule has 2 aromatic heterocycles. The van der Waals surface area contributed by atoms with E-state index in [1.165, 1.54) is 6.33 Å². The second-order valence-corrected chi connectivity index (χ2v) is 4.71. The number of H-pyrrole nitrogens is 1. The van der Waals surface area contributed by atoms with Crippen molar-refractivity contribution in [2.75, 3.05) is 6.54 Å². The number of nitrogens with zero attached hydrogens (tertiary/aromatic N) is 3. The molecule has 3 rings (SSSR count). The number of aromatic nitrogens is 4. The predicted octanol–water partition coefficient (Wildman–Crippen LogP) is 2.29. The molecule has 23 heavy (non-hydrogen) atoms. The highest BCUT2D eigenvalue weighted by Gasteiger charge is 2.03. The molecule has 2 heterocycles. The Kier molecular flexibility index (Phi) is 4.58. The third-order valence-corrected chi connectivity index (χ3v) is 3.11. The molecule has 2 N–H and O–H groups in total. The minimum Gasteiger partial charge on any atom is -0.445 e. The van der Waals surface area contributed by atoms with E-state index in [-0.39, 0.29) is 6.61 Å². The molecule has 0 aliphatic carbocycles. The van der Waals surface area contributed by atoms with Gasteiger partial charge in [-0.15, -0.1) is 0 Å². The molecule has 0 unspecified atom stereocenters. The zero-order valence-corrected chi connectivity index (χ0v) is 12.3. The van der Waals surface area contributed by atoms with Gasteiger partial charge in [0, 0.05) is 6.54 Å². The monoisotopic (exact) mass is 309 g/mol. The zero-order chi connectivity index (χ0) is 15.9. The Labute approximate surface area is 132 Å². The van der Waals surface area contributed by atoms with Crippen LogP contribution in [0, 0.1) is 0 Å². The van der Waals surface area contributed by atoms with E-state index < -0.39 is 6.09 Å². The van der Waals surface area contributed by atoms with Crippen molar-refractivity contribution in [2.45, 2.75) is 6.61 Å². The number of ether oxygens (including phenoxy) is 1. The molecule has 7 nitrogen and oxygen atoms in total. The van der Waals surface area contributed by atoms with E-state index in [2.05, 4.69) is 25.3 Å². The molecule has 3 aromatic rings. The molecule has 0 saturated carbocycles. The molecule has 0 atom stereocenters. The Hall–Kier alpha value is -3.22. The minimum atomic E-state index is -0.465. The molecular formula is C16H15N5O2. The Morgan fingerprint density at radius 1 is 1.22 bits per heavy atom. The number of carbonyl (C=O) groups is 1. The fourth-order valence-electron chi connectivity index (χ4n) is 2.00. The summed E-state index contributed by atoms with van der Waals surface area (Å²) in [5.74, 6) is 0. The number of amides is 1. The summed E-state index contributed by atoms with van der Waals surface area (Å²) >= 11 is 0. The van der Waals surface area contributed by atoms with Crippen LogP contribution in [-0.2, 0) is 11.3 Å². The van der Waals surface area contributed by atoms with Gasteiger partial charge in [-0.3, -0.25) is 0 Å². The lowest BCUT2D eigenvalue weighted by atomic mass is 10.2. The van der Waals surface area contributed by atoms with E-state index in [0.717, 1.165) is 11.1 Å². The maximum Gasteiger partial charge on any atom is 0.407 e. The zero-order valence-electron chi connectivity index (χ0n) is 12.3. The van der Waals surface area contributed by atoms with Crippen molar-refractivity contribution in [3.05, 3.63) is 60.3 Å². The van der Waals surface area contributed by atoms with Gasteiger partial charge in [-0.1, -0.05) is 36.4 Å². The van der Waals surface area contributed by atoms with Crippen LogP contribution in [0.5, 0.6) is 0 Å². The molecule has 0 radical (unpaired) electrons. The normalized spacial score (nSPS) is 11.0. The lowest BCUT2D eigenvalue weighted by Gasteiger charge is -2.05. The third-order valence-electron chi connectivity index (χ3n) is 3.11. The number of rotatable bonds is 5. The number of fused-ring (bicyclic) bond motifs is 1. The fraction of sp³-hybridized carbons (Fsp3) is 0.125. The van der Waals surface area contributed by atoms with Gasteiger partial charge in [-0.25, -0.2) is 19.7 Å². The summed E-state index contributed by atoms with van der Waals surface area (Å²) in [5, 5.41) is 2.65. The van der Waals surface area contributed by atoms with Gasteiger partial charge in [0.25, 0.3) is 0 Å². The molecular weight excluding hydrogens is 294 g/mol. The third kappa shape index (κ3) is 3.91. The van der Waals surface area contributed by atoms with Crippen molar-refractivity contribution >= 4 is 23.3 Å². The summed E-state index contributed by atoms with van der Waals surface area (Å²) in [6, 6.07) is 9.52. The van der Waals surface area contributed by atoms with Crippen molar-refractivity contribution < 1.29 is 9.53 Å². The van der Waals surface area contributed by atoms with Crippen LogP contribution in [0.1, 0.15) is 11.3 Å². The van der Waals surface area contributed by atoms with Crippen LogP contribution < -0.4 is 5.32 Å². The fourth-order valence-corrected chi connectivity index (χ4v) is 2.00. The molecule has 7 heteroatoms. The number of nitrogens with one attached hydrogen (secondary N) is 2. The second kappa shape index (κ2) is 7.17. The van der Waals surface area contributed by atoms with Gasteiger partial charge in [-0.05, 0) is 11.6 Å². The summed E-state index contributed by atoms with van der Waals surface area (Å²) < 4.78 is 5.11. The van der Waals surface area contributed by atoms with Gasteiger partial charge in [0.15, 0.2) is 5.65 Å². The van der Waals surface area contributed by atoms with Crippen LogP contribution in [-0.4, -0.2) is 32.6 Å². The number of hydrogen-bond acceptors (Lipinski definition) is 5. The standard InChI is InChI=1S/C16H15N5O2/c22-16(23-9-12-5-2-1-3-6-12)17-8-4-7-13-14-15(20-10-18-13)21-11-19-14/h1-7,10-11H,8-9H2,(H,17,22)(H,18,19,20,21). The lowest BCUT2D eigenvalue weighted by molar-refractivity contribution is 0.141. The van der Waals surface area contributed by atoms with Crippen molar-refractivity contribution in [2.24, 2.45) is 0 Å². The summed E-state index contributed by atoms with van der Waals surface area (Å²) in [6.45, 7) is 0.588. The van der Waals surface area contributed by atoms with E-state index >= 15 is 0 Å². The number of alkyl carbamates (subject to hydrolysis) is 1. The molecule has 1 aromatic carbocycles. The van der Waals surface area contributed by atoms with Gasteiger partial charge in [-0.2, -0.15) is 0 Å². The van der Waals surface area contributed by atoms with Crippen molar-refractivity contribution in [1.82, 2.24) is 25.3 Å². The smallest absolute Gasteiger partial charge is 0.407 e. The largest absolute Gasteiger partial charge is 0.445 e. The topological polar surface area (TPSA) is 92.8 Å². The molecule has 0 saturated heterocycles. The van der Waals surface area contributed by atoms with Gasteiger partial charge >= 0.3 is 6.09 Å². The molecule has 0 fully saturated rings. The number of aromatic amines is 1. The number of imidazole rings is 1. The maximum atomic E-state index is 11.6. The van der Waals surface area contributed by atoms with E-state index in [0.29, 0.717) is 17.9 Å². The molecule has 0 aliphatic rings.